The monoisotopic (exact) mass is 373 g/mol. The van der Waals surface area contributed by atoms with Crippen molar-refractivity contribution in [2.75, 3.05) is 27.3 Å². The van der Waals surface area contributed by atoms with Gasteiger partial charge in [-0.1, -0.05) is 6.92 Å². The molecule has 0 fully saturated rings. The number of alkyl carbamates (subject to hydrolysis) is 2. The van der Waals surface area contributed by atoms with Crippen LogP contribution in [0, 0.1) is 11.8 Å². The molecule has 0 radical (unpaired) electrons. The molecule has 26 heavy (non-hydrogen) atoms. The minimum atomic E-state index is -0.842. The van der Waals surface area contributed by atoms with Gasteiger partial charge in [-0.2, -0.15) is 0 Å². The third-order valence-electron chi connectivity index (χ3n) is 3.56. The Bertz CT molecular complexity index is 591. The second kappa shape index (κ2) is 10.0. The summed E-state index contributed by atoms with van der Waals surface area (Å²) in [4.78, 5) is 40.0. The lowest BCUT2D eigenvalue weighted by atomic mass is 9.91. The third-order valence-corrected chi connectivity index (χ3v) is 3.56. The number of carbonyl (C=O) groups is 3. The molecule has 1 rings (SSSR count). The van der Waals surface area contributed by atoms with E-state index in [2.05, 4.69) is 10.6 Å². The maximum absolute atomic E-state index is 12.4. The van der Waals surface area contributed by atoms with E-state index >= 15 is 0 Å². The molecule has 146 valence electrons. The topological polar surface area (TPSA) is 148 Å². The number of aromatic hydroxyl groups is 2. The largest absolute Gasteiger partial charge is 0.492 e. The predicted molar refractivity (Wildman–Crippen MR) is 87.4 cm³/mol. The SMILES string of the molecule is CCC(C(=O)On1c(O)ccc1O)C(COC(=O)NC)COC(=O)NC. The molecule has 11 nitrogen and oxygen atoms in total. The van der Waals surface area contributed by atoms with Gasteiger partial charge in [0.1, 0.15) is 13.2 Å². The van der Waals surface area contributed by atoms with E-state index in [1.807, 2.05) is 0 Å². The molecule has 0 aliphatic heterocycles. The number of rotatable bonds is 8. The molecule has 0 saturated heterocycles. The molecule has 1 aromatic rings. The van der Waals surface area contributed by atoms with E-state index in [-0.39, 0.29) is 19.6 Å². The number of nitrogens with one attached hydrogen (secondary N) is 2. The highest BCUT2D eigenvalue weighted by Crippen LogP contribution is 2.23. The normalized spacial score (nSPS) is 11.5. The van der Waals surface area contributed by atoms with E-state index in [9.17, 15) is 24.6 Å². The summed E-state index contributed by atoms with van der Waals surface area (Å²) in [6, 6.07) is 2.29. The van der Waals surface area contributed by atoms with E-state index in [1.165, 1.54) is 14.1 Å². The van der Waals surface area contributed by atoms with E-state index in [0.29, 0.717) is 4.73 Å². The first-order valence-electron chi connectivity index (χ1n) is 7.84. The number of carbonyl (C=O) groups excluding carboxylic acids is 3. The molecule has 4 N–H and O–H groups in total. The van der Waals surface area contributed by atoms with Crippen LogP contribution >= 0.6 is 0 Å². The molecule has 1 aromatic heterocycles. The first kappa shape index (κ1) is 20.9. The molecule has 1 unspecified atom stereocenters. The van der Waals surface area contributed by atoms with E-state index in [4.69, 9.17) is 14.3 Å². The van der Waals surface area contributed by atoms with E-state index in [1.54, 1.807) is 6.92 Å². The van der Waals surface area contributed by atoms with Crippen molar-refractivity contribution in [1.82, 2.24) is 15.4 Å². The van der Waals surface area contributed by atoms with Crippen LogP contribution in [0.3, 0.4) is 0 Å². The zero-order chi connectivity index (χ0) is 19.7. The summed E-state index contributed by atoms with van der Waals surface area (Å²) in [6.45, 7) is 1.26. The van der Waals surface area contributed by atoms with Crippen molar-refractivity contribution in [3.05, 3.63) is 12.1 Å². The molecule has 11 heteroatoms. The molecule has 0 aliphatic carbocycles. The Kier molecular flexibility index (Phi) is 8.06. The minimum Gasteiger partial charge on any atom is -0.492 e. The van der Waals surface area contributed by atoms with Gasteiger partial charge >= 0.3 is 18.2 Å². The van der Waals surface area contributed by atoms with Crippen LogP contribution in [0.2, 0.25) is 0 Å². The van der Waals surface area contributed by atoms with E-state index < -0.39 is 41.8 Å². The lowest BCUT2D eigenvalue weighted by Crippen LogP contribution is -2.38. The van der Waals surface area contributed by atoms with Crippen molar-refractivity contribution in [3.8, 4) is 11.8 Å². The van der Waals surface area contributed by atoms with Crippen LogP contribution in [-0.4, -0.2) is 60.4 Å². The fraction of sp³-hybridized carbons (Fsp3) is 0.533. The molecule has 1 heterocycles. The van der Waals surface area contributed by atoms with Gasteiger partial charge in [-0.05, 0) is 6.42 Å². The zero-order valence-electron chi connectivity index (χ0n) is 14.7. The molecule has 0 spiro atoms. The molecule has 0 aliphatic rings. The van der Waals surface area contributed by atoms with Crippen LogP contribution in [-0.2, 0) is 14.3 Å². The predicted octanol–water partition coefficient (Wildman–Crippen LogP) is 0.209. The summed E-state index contributed by atoms with van der Waals surface area (Å²) < 4.78 is 10.5. The second-order valence-electron chi connectivity index (χ2n) is 5.23. The van der Waals surface area contributed by atoms with Crippen LogP contribution < -0.4 is 15.5 Å². The highest BCUT2D eigenvalue weighted by molar-refractivity contribution is 5.73. The van der Waals surface area contributed by atoms with Crippen LogP contribution in [0.25, 0.3) is 0 Å². The number of nitrogens with zero attached hydrogens (tertiary/aromatic N) is 1. The molecule has 1 atom stereocenters. The van der Waals surface area contributed by atoms with Gasteiger partial charge in [0.05, 0.1) is 5.92 Å². The Balaban J connectivity index is 2.88. The van der Waals surface area contributed by atoms with Gasteiger partial charge in [-0.3, -0.25) is 0 Å². The van der Waals surface area contributed by atoms with Crippen molar-refractivity contribution in [3.63, 3.8) is 0 Å². The second-order valence-corrected chi connectivity index (χ2v) is 5.23. The summed E-state index contributed by atoms with van der Waals surface area (Å²) >= 11 is 0. The Labute approximate surface area is 149 Å². The summed E-state index contributed by atoms with van der Waals surface area (Å²) in [7, 11) is 2.75. The number of aromatic nitrogens is 1. The first-order chi connectivity index (χ1) is 12.3. The average molecular weight is 373 g/mol. The highest BCUT2D eigenvalue weighted by Gasteiger charge is 2.32. The van der Waals surface area contributed by atoms with Crippen LogP contribution in [0.15, 0.2) is 12.1 Å². The summed E-state index contributed by atoms with van der Waals surface area (Å²) in [5, 5.41) is 23.7. The quantitative estimate of drug-likeness (QED) is 0.505. The first-order valence-corrected chi connectivity index (χ1v) is 7.84. The maximum atomic E-state index is 12.4. The number of amides is 2. The van der Waals surface area contributed by atoms with Crippen molar-refractivity contribution in [2.45, 2.75) is 13.3 Å². The number of ether oxygens (including phenoxy) is 2. The standard InChI is InChI=1S/C15H23N3O8/c1-4-10(13(21)26-18-11(19)5-6-12(18)20)9(7-24-14(22)16-2)8-25-15(23)17-3/h5-6,9-10,19-20H,4,7-8H2,1-3H3,(H,16,22)(H,17,23). The van der Waals surface area contributed by atoms with Crippen LogP contribution in [0.1, 0.15) is 13.3 Å². The highest BCUT2D eigenvalue weighted by atomic mass is 16.7. The van der Waals surface area contributed by atoms with E-state index in [0.717, 1.165) is 12.1 Å². The Morgan fingerprint density at radius 3 is 1.88 bits per heavy atom. The molecule has 0 aromatic carbocycles. The van der Waals surface area contributed by atoms with Crippen molar-refractivity contribution in [2.24, 2.45) is 11.8 Å². The Morgan fingerprint density at radius 1 is 1.04 bits per heavy atom. The van der Waals surface area contributed by atoms with Gasteiger partial charge in [0, 0.05) is 32.1 Å². The lowest BCUT2D eigenvalue weighted by molar-refractivity contribution is -0.154. The van der Waals surface area contributed by atoms with Crippen molar-refractivity contribution >= 4 is 18.2 Å². The number of hydrogen-bond donors (Lipinski definition) is 4. The average Bonchev–Trinajstić information content (AvgIpc) is 2.95. The smallest absolute Gasteiger partial charge is 0.406 e. The molecule has 2 amide bonds. The summed E-state index contributed by atoms with van der Waals surface area (Å²) in [6.07, 6.45) is -1.15. The third kappa shape index (κ3) is 5.76. The minimum absolute atomic E-state index is 0.214. The Morgan fingerprint density at radius 2 is 1.50 bits per heavy atom. The molecular formula is C15H23N3O8. The van der Waals surface area contributed by atoms with Crippen molar-refractivity contribution < 1.29 is 38.9 Å². The molecule has 0 bridgehead atoms. The number of hydrogen-bond acceptors (Lipinski definition) is 8. The van der Waals surface area contributed by atoms with Crippen LogP contribution in [0.5, 0.6) is 11.8 Å². The maximum Gasteiger partial charge on any atom is 0.406 e. The zero-order valence-corrected chi connectivity index (χ0v) is 14.7. The van der Waals surface area contributed by atoms with Gasteiger partial charge in [-0.15, -0.1) is 4.73 Å². The van der Waals surface area contributed by atoms with Gasteiger partial charge in [0.25, 0.3) is 0 Å². The molecule has 0 saturated carbocycles. The fourth-order valence-electron chi connectivity index (χ4n) is 2.14. The van der Waals surface area contributed by atoms with Gasteiger partial charge in [0.2, 0.25) is 11.8 Å². The van der Waals surface area contributed by atoms with Gasteiger partial charge in [-0.25, -0.2) is 14.4 Å². The Hall–Kier alpha value is -3.11. The van der Waals surface area contributed by atoms with Gasteiger partial charge < -0.3 is 35.2 Å². The van der Waals surface area contributed by atoms with Gasteiger partial charge in [0.15, 0.2) is 0 Å². The van der Waals surface area contributed by atoms with Crippen molar-refractivity contribution in [1.29, 1.82) is 0 Å². The fourth-order valence-corrected chi connectivity index (χ4v) is 2.14. The summed E-state index contributed by atoms with van der Waals surface area (Å²) in [5.74, 6) is -3.29. The summed E-state index contributed by atoms with van der Waals surface area (Å²) in [5.41, 5.74) is 0. The lowest BCUT2D eigenvalue weighted by Gasteiger charge is -2.24. The van der Waals surface area contributed by atoms with Crippen LogP contribution in [0.4, 0.5) is 9.59 Å². The molecular weight excluding hydrogens is 350 g/mol.